The Kier molecular flexibility index (Phi) is 4.35. The van der Waals surface area contributed by atoms with Crippen LogP contribution in [-0.4, -0.2) is 26.8 Å². The van der Waals surface area contributed by atoms with Crippen LogP contribution in [0.2, 0.25) is 0 Å². The number of nitrogens with one attached hydrogen (secondary N) is 2. The van der Waals surface area contributed by atoms with Gasteiger partial charge in [-0.2, -0.15) is 0 Å². The molecule has 0 bridgehead atoms. The second-order valence-corrected chi connectivity index (χ2v) is 8.54. The number of carbonyl (C=O) groups excluding carboxylic acids is 2. The van der Waals surface area contributed by atoms with Crippen molar-refractivity contribution in [3.05, 3.63) is 48.6 Å². The van der Waals surface area contributed by atoms with Crippen LogP contribution in [0.5, 0.6) is 0 Å². The molecule has 2 aromatic rings. The number of sulfonamides is 1. The van der Waals surface area contributed by atoms with Crippen molar-refractivity contribution in [2.75, 3.05) is 10.8 Å². The molecule has 27 heavy (non-hydrogen) atoms. The smallest absolute Gasteiger partial charge is 0.265 e. The third-order valence-corrected chi connectivity index (χ3v) is 6.67. The first kappa shape index (κ1) is 17.5. The zero-order valence-electron chi connectivity index (χ0n) is 14.5. The molecule has 1 atom stereocenters. The number of anilines is 1. The fourth-order valence-corrected chi connectivity index (χ4v) is 5.26. The number of amides is 2. The van der Waals surface area contributed by atoms with E-state index >= 15 is 0 Å². The molecule has 0 spiro atoms. The van der Waals surface area contributed by atoms with Gasteiger partial charge in [0.2, 0.25) is 5.91 Å². The van der Waals surface area contributed by atoms with Gasteiger partial charge < -0.3 is 0 Å². The molecule has 1 heterocycles. The molecule has 4 rings (SSSR count). The predicted octanol–water partition coefficient (Wildman–Crippen LogP) is 1.85. The van der Waals surface area contributed by atoms with Crippen molar-refractivity contribution in [1.82, 2.24) is 10.9 Å². The maximum atomic E-state index is 12.8. The number of hydrogen-bond donors (Lipinski definition) is 2. The Hall–Kier alpha value is -2.87. The Morgan fingerprint density at radius 1 is 1.07 bits per heavy atom. The average molecular weight is 385 g/mol. The van der Waals surface area contributed by atoms with E-state index < -0.39 is 22.5 Å². The van der Waals surface area contributed by atoms with Crippen LogP contribution in [-0.2, 0) is 19.6 Å². The van der Waals surface area contributed by atoms with E-state index in [0.29, 0.717) is 17.5 Å². The second-order valence-electron chi connectivity index (χ2n) is 6.71. The number of benzene rings is 2. The van der Waals surface area contributed by atoms with E-state index in [-0.39, 0.29) is 16.7 Å². The van der Waals surface area contributed by atoms with Crippen LogP contribution in [0.15, 0.2) is 53.4 Å². The summed E-state index contributed by atoms with van der Waals surface area (Å²) in [5.41, 5.74) is 5.15. The highest BCUT2D eigenvalue weighted by molar-refractivity contribution is 7.93. The van der Waals surface area contributed by atoms with Gasteiger partial charge in [-0.15, -0.1) is 0 Å². The maximum Gasteiger partial charge on any atom is 0.265 e. The molecule has 0 aromatic heterocycles. The summed E-state index contributed by atoms with van der Waals surface area (Å²) in [7, 11) is -3.80. The quantitative estimate of drug-likeness (QED) is 0.620. The van der Waals surface area contributed by atoms with E-state index in [0.717, 1.165) is 22.5 Å². The van der Waals surface area contributed by atoms with E-state index in [1.54, 1.807) is 18.2 Å². The molecular weight excluding hydrogens is 366 g/mol. The summed E-state index contributed by atoms with van der Waals surface area (Å²) >= 11 is 0. The molecule has 7 nitrogen and oxygen atoms in total. The minimum atomic E-state index is -3.80. The van der Waals surface area contributed by atoms with Crippen molar-refractivity contribution < 1.29 is 18.0 Å². The lowest BCUT2D eigenvalue weighted by atomic mass is 10.1. The number of rotatable bonds is 4. The van der Waals surface area contributed by atoms with Gasteiger partial charge >= 0.3 is 0 Å². The molecule has 2 N–H and O–H groups in total. The van der Waals surface area contributed by atoms with Gasteiger partial charge in [-0.25, -0.2) is 8.42 Å². The van der Waals surface area contributed by atoms with E-state index in [1.165, 1.54) is 6.07 Å². The van der Waals surface area contributed by atoms with Crippen molar-refractivity contribution in [3.63, 3.8) is 0 Å². The first-order valence-corrected chi connectivity index (χ1v) is 10.2. The average Bonchev–Trinajstić information content (AvgIpc) is 3.22. The normalized spacial score (nSPS) is 19.4. The monoisotopic (exact) mass is 385 g/mol. The van der Waals surface area contributed by atoms with Crippen molar-refractivity contribution >= 4 is 38.3 Å². The van der Waals surface area contributed by atoms with Crippen LogP contribution in [0.1, 0.15) is 19.3 Å². The number of carbonyl (C=O) groups is 2. The summed E-state index contributed by atoms with van der Waals surface area (Å²) in [6.45, 7) is -0.403. The highest BCUT2D eigenvalue weighted by atomic mass is 32.2. The van der Waals surface area contributed by atoms with E-state index in [1.807, 2.05) is 24.3 Å². The maximum absolute atomic E-state index is 12.8. The molecule has 1 aliphatic heterocycles. The number of allylic oxidation sites excluding steroid dienone is 2. The van der Waals surface area contributed by atoms with Gasteiger partial charge in [-0.05, 0) is 36.3 Å². The van der Waals surface area contributed by atoms with Crippen LogP contribution in [0, 0.1) is 5.92 Å². The summed E-state index contributed by atoms with van der Waals surface area (Å²) in [6, 6.07) is 10.3. The molecule has 2 aromatic carbocycles. The second kappa shape index (κ2) is 6.70. The molecule has 2 amide bonds. The molecule has 0 radical (unpaired) electrons. The summed E-state index contributed by atoms with van der Waals surface area (Å²) in [4.78, 5) is 24.4. The van der Waals surface area contributed by atoms with Gasteiger partial charge in [0.25, 0.3) is 15.9 Å². The molecular formula is C19H19N3O4S. The molecule has 140 valence electrons. The van der Waals surface area contributed by atoms with Gasteiger partial charge in [0, 0.05) is 11.8 Å². The van der Waals surface area contributed by atoms with Crippen LogP contribution >= 0.6 is 0 Å². The molecule has 0 saturated carbocycles. The van der Waals surface area contributed by atoms with Gasteiger partial charge in [0.1, 0.15) is 6.54 Å². The Morgan fingerprint density at radius 3 is 2.56 bits per heavy atom. The van der Waals surface area contributed by atoms with Crippen LogP contribution in [0.3, 0.4) is 0 Å². The van der Waals surface area contributed by atoms with E-state index in [9.17, 15) is 18.0 Å². The number of hydrazine groups is 1. The SMILES string of the molecule is O=C(C[C@@H]1C=CCC1)NNC(=O)CN1c2cccc3cccc(c23)S1(=O)=O. The summed E-state index contributed by atoms with van der Waals surface area (Å²) in [5.74, 6) is -0.707. The lowest BCUT2D eigenvalue weighted by molar-refractivity contribution is -0.128. The topological polar surface area (TPSA) is 95.6 Å². The fourth-order valence-electron chi connectivity index (χ4n) is 3.59. The Balaban J connectivity index is 1.45. The number of hydrogen-bond acceptors (Lipinski definition) is 4. The molecule has 8 heteroatoms. The van der Waals surface area contributed by atoms with Crippen molar-refractivity contribution in [1.29, 1.82) is 0 Å². The third kappa shape index (κ3) is 3.16. The molecule has 0 unspecified atom stereocenters. The van der Waals surface area contributed by atoms with Crippen LogP contribution in [0.4, 0.5) is 5.69 Å². The minimum absolute atomic E-state index is 0.188. The van der Waals surface area contributed by atoms with Crippen LogP contribution < -0.4 is 15.2 Å². The summed E-state index contributed by atoms with van der Waals surface area (Å²) in [5, 5.41) is 1.42. The minimum Gasteiger partial charge on any atom is -0.273 e. The Morgan fingerprint density at radius 2 is 1.81 bits per heavy atom. The third-order valence-electron chi connectivity index (χ3n) is 4.87. The first-order valence-electron chi connectivity index (χ1n) is 8.75. The lowest BCUT2D eigenvalue weighted by Crippen LogP contribution is -2.47. The standard InChI is InChI=1S/C19H19N3O4S/c23-17(11-13-5-1-2-6-13)20-21-18(24)12-22-15-9-3-7-14-8-4-10-16(19(14)15)27(22,25)26/h1,3-5,7-10,13H,2,6,11-12H2,(H,20,23)(H,21,24)/t13-/m1/s1. The van der Waals surface area contributed by atoms with Gasteiger partial charge in [-0.1, -0.05) is 36.4 Å². The Labute approximate surface area is 157 Å². The van der Waals surface area contributed by atoms with Gasteiger partial charge in [0.05, 0.1) is 10.6 Å². The van der Waals surface area contributed by atoms with Crippen molar-refractivity contribution in [2.45, 2.75) is 24.2 Å². The molecule has 0 saturated heterocycles. The molecule has 1 aliphatic carbocycles. The fraction of sp³-hybridized carbons (Fsp3) is 0.263. The molecule has 0 fully saturated rings. The predicted molar refractivity (Wildman–Crippen MR) is 101 cm³/mol. The molecule has 2 aliphatic rings. The zero-order chi connectivity index (χ0) is 19.0. The lowest BCUT2D eigenvalue weighted by Gasteiger charge is -2.18. The largest absolute Gasteiger partial charge is 0.273 e. The zero-order valence-corrected chi connectivity index (χ0v) is 15.3. The first-order chi connectivity index (χ1) is 13.0. The van der Waals surface area contributed by atoms with Crippen LogP contribution in [0.25, 0.3) is 10.8 Å². The highest BCUT2D eigenvalue weighted by Gasteiger charge is 2.36. The Bertz CT molecular complexity index is 1060. The summed E-state index contributed by atoms with van der Waals surface area (Å²) < 4.78 is 26.7. The number of nitrogens with zero attached hydrogens (tertiary/aromatic N) is 1. The summed E-state index contributed by atoms with van der Waals surface area (Å²) in [6.07, 6.45) is 6.21. The van der Waals surface area contributed by atoms with Gasteiger partial charge in [0.15, 0.2) is 0 Å². The van der Waals surface area contributed by atoms with Crippen molar-refractivity contribution in [3.8, 4) is 0 Å². The van der Waals surface area contributed by atoms with E-state index in [2.05, 4.69) is 10.9 Å². The van der Waals surface area contributed by atoms with Gasteiger partial charge in [-0.3, -0.25) is 24.7 Å². The van der Waals surface area contributed by atoms with Crippen molar-refractivity contribution in [2.24, 2.45) is 5.92 Å². The van der Waals surface area contributed by atoms with E-state index in [4.69, 9.17) is 0 Å². The highest BCUT2D eigenvalue weighted by Crippen LogP contribution is 2.41.